The first kappa shape index (κ1) is 15.5. The standard InChI is InChI=1S/C16H19NO3S/c1-10(2)15-16(11(3)18)21-14(17-15)9-20-13-7-5-12(19-4)6-8-13/h5-8,10H,9H2,1-4H3. The zero-order valence-electron chi connectivity index (χ0n) is 12.7. The molecule has 0 aliphatic rings. The molecule has 2 rings (SSSR count). The molecule has 0 aliphatic carbocycles. The number of ketones is 1. The first-order valence-corrected chi connectivity index (χ1v) is 7.60. The molecule has 0 bridgehead atoms. The van der Waals surface area contributed by atoms with E-state index in [9.17, 15) is 4.79 Å². The minimum Gasteiger partial charge on any atom is -0.497 e. The third-order valence-electron chi connectivity index (χ3n) is 2.99. The van der Waals surface area contributed by atoms with Crippen LogP contribution in [0, 0.1) is 0 Å². The molecule has 0 fully saturated rings. The summed E-state index contributed by atoms with van der Waals surface area (Å²) in [4.78, 5) is 16.9. The van der Waals surface area contributed by atoms with Gasteiger partial charge in [0.1, 0.15) is 23.1 Å². The molecule has 0 unspecified atom stereocenters. The highest BCUT2D eigenvalue weighted by Crippen LogP contribution is 2.27. The second-order valence-corrected chi connectivity index (χ2v) is 6.08. The lowest BCUT2D eigenvalue weighted by molar-refractivity contribution is 0.102. The fourth-order valence-corrected chi connectivity index (χ4v) is 2.93. The number of carbonyl (C=O) groups excluding carboxylic acids is 1. The molecule has 0 spiro atoms. The summed E-state index contributed by atoms with van der Waals surface area (Å²) in [5, 5.41) is 0.819. The molecule has 1 aromatic heterocycles. The van der Waals surface area contributed by atoms with Crippen molar-refractivity contribution in [3.63, 3.8) is 0 Å². The van der Waals surface area contributed by atoms with Gasteiger partial charge in [0.15, 0.2) is 5.78 Å². The largest absolute Gasteiger partial charge is 0.497 e. The predicted molar refractivity (Wildman–Crippen MR) is 83.5 cm³/mol. The SMILES string of the molecule is COc1ccc(OCc2nc(C(C)C)c(C(C)=O)s2)cc1. The van der Waals surface area contributed by atoms with E-state index in [1.54, 1.807) is 14.0 Å². The first-order valence-electron chi connectivity index (χ1n) is 6.78. The molecular weight excluding hydrogens is 286 g/mol. The summed E-state index contributed by atoms with van der Waals surface area (Å²) in [5.74, 6) is 1.83. The van der Waals surface area contributed by atoms with Crippen LogP contribution in [0.1, 0.15) is 47.1 Å². The summed E-state index contributed by atoms with van der Waals surface area (Å²) < 4.78 is 10.8. The van der Waals surface area contributed by atoms with E-state index in [2.05, 4.69) is 4.98 Å². The number of aromatic nitrogens is 1. The van der Waals surface area contributed by atoms with Crippen molar-refractivity contribution < 1.29 is 14.3 Å². The Balaban J connectivity index is 2.09. The number of Topliss-reactive ketones (excluding diaryl/α,β-unsaturated/α-hetero) is 1. The molecule has 4 nitrogen and oxygen atoms in total. The molecule has 2 aromatic rings. The van der Waals surface area contributed by atoms with Crippen LogP contribution in [0.4, 0.5) is 0 Å². The molecule has 1 heterocycles. The Morgan fingerprint density at radius 2 is 1.86 bits per heavy atom. The maximum Gasteiger partial charge on any atom is 0.171 e. The van der Waals surface area contributed by atoms with Crippen molar-refractivity contribution in [3.05, 3.63) is 39.8 Å². The Hall–Kier alpha value is -1.88. The van der Waals surface area contributed by atoms with Crippen LogP contribution >= 0.6 is 11.3 Å². The van der Waals surface area contributed by atoms with Gasteiger partial charge in [-0.05, 0) is 30.2 Å². The fourth-order valence-electron chi connectivity index (χ4n) is 1.90. The fraction of sp³-hybridized carbons (Fsp3) is 0.375. The van der Waals surface area contributed by atoms with E-state index >= 15 is 0 Å². The average molecular weight is 305 g/mol. The number of hydrogen-bond acceptors (Lipinski definition) is 5. The van der Waals surface area contributed by atoms with Gasteiger partial charge >= 0.3 is 0 Å². The van der Waals surface area contributed by atoms with E-state index in [4.69, 9.17) is 9.47 Å². The number of nitrogens with zero attached hydrogens (tertiary/aromatic N) is 1. The van der Waals surface area contributed by atoms with Gasteiger partial charge in [0, 0.05) is 6.92 Å². The monoisotopic (exact) mass is 305 g/mol. The van der Waals surface area contributed by atoms with Gasteiger partial charge < -0.3 is 9.47 Å². The number of benzene rings is 1. The Labute approximate surface area is 128 Å². The van der Waals surface area contributed by atoms with Crippen LogP contribution in [0.2, 0.25) is 0 Å². The number of methoxy groups -OCH3 is 1. The topological polar surface area (TPSA) is 48.4 Å². The number of carbonyl (C=O) groups is 1. The molecule has 0 amide bonds. The minimum atomic E-state index is 0.0619. The van der Waals surface area contributed by atoms with Gasteiger partial charge in [0.25, 0.3) is 0 Å². The van der Waals surface area contributed by atoms with Gasteiger partial charge in [0.05, 0.1) is 17.7 Å². The van der Waals surface area contributed by atoms with Crippen molar-refractivity contribution in [3.8, 4) is 11.5 Å². The second-order valence-electron chi connectivity index (χ2n) is 5.00. The molecule has 1 aromatic carbocycles. The van der Waals surface area contributed by atoms with Crippen LogP contribution in [0.3, 0.4) is 0 Å². The van der Waals surface area contributed by atoms with Gasteiger partial charge in [-0.3, -0.25) is 4.79 Å². The van der Waals surface area contributed by atoms with Gasteiger partial charge in [-0.25, -0.2) is 4.98 Å². The van der Waals surface area contributed by atoms with Crippen molar-refractivity contribution in [2.75, 3.05) is 7.11 Å². The highest BCUT2D eigenvalue weighted by atomic mass is 32.1. The van der Waals surface area contributed by atoms with E-state index < -0.39 is 0 Å². The lowest BCUT2D eigenvalue weighted by atomic mass is 10.1. The molecule has 112 valence electrons. The smallest absolute Gasteiger partial charge is 0.171 e. The van der Waals surface area contributed by atoms with Gasteiger partial charge in [-0.2, -0.15) is 0 Å². The number of ether oxygens (including phenoxy) is 2. The minimum absolute atomic E-state index is 0.0619. The maximum absolute atomic E-state index is 11.6. The summed E-state index contributed by atoms with van der Waals surface area (Å²) in [6.45, 7) is 6.02. The van der Waals surface area contributed by atoms with E-state index in [1.807, 2.05) is 38.1 Å². The van der Waals surface area contributed by atoms with Crippen molar-refractivity contribution in [1.82, 2.24) is 4.98 Å². The summed E-state index contributed by atoms with van der Waals surface area (Å²) in [6.07, 6.45) is 0. The molecule has 0 atom stereocenters. The molecule has 0 radical (unpaired) electrons. The Morgan fingerprint density at radius 3 is 2.33 bits per heavy atom. The lowest BCUT2D eigenvalue weighted by Gasteiger charge is -2.05. The molecule has 21 heavy (non-hydrogen) atoms. The Bertz CT molecular complexity index is 617. The lowest BCUT2D eigenvalue weighted by Crippen LogP contribution is -1.98. The van der Waals surface area contributed by atoms with Crippen LogP contribution in [0.5, 0.6) is 11.5 Å². The third-order valence-corrected chi connectivity index (χ3v) is 4.13. The third kappa shape index (κ3) is 3.82. The summed E-state index contributed by atoms with van der Waals surface area (Å²) in [7, 11) is 1.63. The summed E-state index contributed by atoms with van der Waals surface area (Å²) in [6, 6.07) is 7.39. The van der Waals surface area contributed by atoms with Crippen molar-refractivity contribution in [2.24, 2.45) is 0 Å². The normalized spacial score (nSPS) is 10.7. The Morgan fingerprint density at radius 1 is 1.24 bits per heavy atom. The average Bonchev–Trinajstić information content (AvgIpc) is 2.90. The van der Waals surface area contributed by atoms with Crippen molar-refractivity contribution >= 4 is 17.1 Å². The van der Waals surface area contributed by atoms with E-state index in [-0.39, 0.29) is 11.7 Å². The molecule has 0 aliphatic heterocycles. The molecular formula is C16H19NO3S. The first-order chi connectivity index (χ1) is 10.0. The number of thiazole rings is 1. The van der Waals surface area contributed by atoms with Crippen molar-refractivity contribution in [1.29, 1.82) is 0 Å². The predicted octanol–water partition coefficient (Wildman–Crippen LogP) is 4.06. The number of hydrogen-bond donors (Lipinski definition) is 0. The van der Waals surface area contributed by atoms with E-state index in [1.165, 1.54) is 11.3 Å². The van der Waals surface area contributed by atoms with Crippen molar-refractivity contribution in [2.45, 2.75) is 33.3 Å². The van der Waals surface area contributed by atoms with Crippen LogP contribution in [0.15, 0.2) is 24.3 Å². The highest BCUT2D eigenvalue weighted by Gasteiger charge is 2.17. The molecule has 5 heteroatoms. The maximum atomic E-state index is 11.6. The van der Waals surface area contributed by atoms with E-state index in [0.29, 0.717) is 6.61 Å². The molecule has 0 N–H and O–H groups in total. The zero-order chi connectivity index (χ0) is 15.4. The summed E-state index contributed by atoms with van der Waals surface area (Å²) in [5.41, 5.74) is 0.862. The highest BCUT2D eigenvalue weighted by molar-refractivity contribution is 7.13. The number of rotatable bonds is 6. The van der Waals surface area contributed by atoms with Crippen LogP contribution < -0.4 is 9.47 Å². The molecule has 0 saturated heterocycles. The molecule has 0 saturated carbocycles. The Kier molecular flexibility index (Phi) is 4.96. The summed E-state index contributed by atoms with van der Waals surface area (Å²) >= 11 is 1.41. The zero-order valence-corrected chi connectivity index (χ0v) is 13.5. The second kappa shape index (κ2) is 6.72. The van der Waals surface area contributed by atoms with E-state index in [0.717, 1.165) is 27.1 Å². The van der Waals surface area contributed by atoms with Gasteiger partial charge in [0.2, 0.25) is 0 Å². The van der Waals surface area contributed by atoms with Gasteiger partial charge in [-0.1, -0.05) is 13.8 Å². The van der Waals surface area contributed by atoms with Gasteiger partial charge in [-0.15, -0.1) is 11.3 Å². The van der Waals surface area contributed by atoms with Crippen LogP contribution in [-0.2, 0) is 6.61 Å². The van der Waals surface area contributed by atoms with Crippen LogP contribution in [0.25, 0.3) is 0 Å². The quantitative estimate of drug-likeness (QED) is 0.755. The van der Waals surface area contributed by atoms with Crippen LogP contribution in [-0.4, -0.2) is 17.9 Å².